The molecule has 1 amide bonds. The lowest BCUT2D eigenvalue weighted by atomic mass is 9.85. The van der Waals surface area contributed by atoms with E-state index >= 15 is 0 Å². The van der Waals surface area contributed by atoms with E-state index in [1.54, 1.807) is 11.8 Å². The standard InChI is InChI=1S/C33H34BrN3OS/c1-22-10-6-8-14-29(22)37-32(38)31(39-33(37)35-26-11-4-3-5-12-26)20-28-23(2)36(30-15-9-7-13-27(28)30)21-24-16-18-25(34)19-17-24/h3-5,7,9,11-13,15-20,22,29,33,35H,6,8,10,14,21H2,1-2H3/b31-20-/t22-,29-,33?/m0/s1. The molecule has 2 heterocycles. The second-order valence-corrected chi connectivity index (χ2v) is 12.8. The van der Waals surface area contributed by atoms with Crippen LogP contribution in [0.3, 0.4) is 0 Å². The van der Waals surface area contributed by atoms with Crippen molar-refractivity contribution in [2.75, 3.05) is 5.32 Å². The molecule has 6 heteroatoms. The highest BCUT2D eigenvalue weighted by atomic mass is 79.9. The van der Waals surface area contributed by atoms with E-state index in [0.717, 1.165) is 33.6 Å². The smallest absolute Gasteiger partial charge is 0.262 e. The van der Waals surface area contributed by atoms with Gasteiger partial charge in [0.15, 0.2) is 5.50 Å². The van der Waals surface area contributed by atoms with Crippen LogP contribution in [0.25, 0.3) is 17.0 Å². The molecule has 200 valence electrons. The van der Waals surface area contributed by atoms with Gasteiger partial charge in [-0.1, -0.05) is 96.0 Å². The Morgan fingerprint density at radius 3 is 2.46 bits per heavy atom. The van der Waals surface area contributed by atoms with Gasteiger partial charge < -0.3 is 14.8 Å². The minimum Gasteiger partial charge on any atom is -0.356 e. The van der Waals surface area contributed by atoms with E-state index in [1.807, 2.05) is 18.2 Å². The zero-order chi connectivity index (χ0) is 26.9. The van der Waals surface area contributed by atoms with Gasteiger partial charge in [-0.25, -0.2) is 0 Å². The Hall–Kier alpha value is -2.96. The summed E-state index contributed by atoms with van der Waals surface area (Å²) in [6, 6.07) is 27.6. The maximum Gasteiger partial charge on any atom is 0.262 e. The topological polar surface area (TPSA) is 37.3 Å². The number of thioether (sulfide) groups is 1. The molecule has 1 aromatic heterocycles. The van der Waals surface area contributed by atoms with Crippen LogP contribution >= 0.6 is 27.7 Å². The molecule has 2 aliphatic rings. The van der Waals surface area contributed by atoms with Gasteiger partial charge in [0.05, 0.1) is 4.91 Å². The largest absolute Gasteiger partial charge is 0.356 e. The van der Waals surface area contributed by atoms with Gasteiger partial charge in [-0.15, -0.1) is 0 Å². The van der Waals surface area contributed by atoms with E-state index in [9.17, 15) is 4.79 Å². The molecule has 0 spiro atoms. The molecule has 1 saturated heterocycles. The fourth-order valence-corrected chi connectivity index (χ4v) is 7.57. The predicted octanol–water partition coefficient (Wildman–Crippen LogP) is 8.65. The van der Waals surface area contributed by atoms with E-state index < -0.39 is 0 Å². The van der Waals surface area contributed by atoms with E-state index in [4.69, 9.17) is 0 Å². The average Bonchev–Trinajstić information content (AvgIpc) is 3.39. The quantitative estimate of drug-likeness (QED) is 0.225. The average molecular weight is 601 g/mol. The number of aromatic nitrogens is 1. The molecule has 2 fully saturated rings. The maximum atomic E-state index is 14.1. The predicted molar refractivity (Wildman–Crippen MR) is 168 cm³/mol. The lowest BCUT2D eigenvalue weighted by Crippen LogP contribution is -2.48. The van der Waals surface area contributed by atoms with Crippen molar-refractivity contribution >= 4 is 56.3 Å². The fraction of sp³-hybridized carbons (Fsp3) is 0.303. The number of nitrogens with one attached hydrogen (secondary N) is 1. The highest BCUT2D eigenvalue weighted by Crippen LogP contribution is 2.43. The van der Waals surface area contributed by atoms with Crippen molar-refractivity contribution < 1.29 is 4.79 Å². The first-order valence-electron chi connectivity index (χ1n) is 13.8. The molecular formula is C33H34BrN3OS. The van der Waals surface area contributed by atoms with E-state index in [-0.39, 0.29) is 17.4 Å². The van der Waals surface area contributed by atoms with Crippen molar-refractivity contribution in [1.29, 1.82) is 0 Å². The number of carbonyl (C=O) groups excluding carboxylic acids is 1. The van der Waals surface area contributed by atoms with Gasteiger partial charge >= 0.3 is 0 Å². The van der Waals surface area contributed by atoms with Crippen LogP contribution in [0.1, 0.15) is 49.4 Å². The number of benzene rings is 3. The molecule has 6 rings (SSSR count). The number of para-hydroxylation sites is 2. The second kappa shape index (κ2) is 11.3. The van der Waals surface area contributed by atoms with Crippen LogP contribution in [0.5, 0.6) is 0 Å². The summed E-state index contributed by atoms with van der Waals surface area (Å²) in [5, 5.41) is 4.85. The summed E-state index contributed by atoms with van der Waals surface area (Å²) in [5.41, 5.74) is 5.68. The molecular weight excluding hydrogens is 566 g/mol. The number of nitrogens with zero attached hydrogens (tertiary/aromatic N) is 2. The van der Waals surface area contributed by atoms with Gasteiger partial charge in [-0.3, -0.25) is 4.79 Å². The number of carbonyl (C=O) groups is 1. The van der Waals surface area contributed by atoms with Gasteiger partial charge in [0.25, 0.3) is 5.91 Å². The van der Waals surface area contributed by atoms with Gasteiger partial charge in [-0.2, -0.15) is 0 Å². The lowest BCUT2D eigenvalue weighted by Gasteiger charge is -2.39. The molecule has 0 radical (unpaired) electrons. The Labute approximate surface area is 243 Å². The minimum atomic E-state index is -0.117. The van der Waals surface area contributed by atoms with Crippen molar-refractivity contribution in [2.24, 2.45) is 5.92 Å². The zero-order valence-corrected chi connectivity index (χ0v) is 24.8. The zero-order valence-electron chi connectivity index (χ0n) is 22.4. The number of rotatable bonds is 6. The lowest BCUT2D eigenvalue weighted by molar-refractivity contribution is -0.129. The van der Waals surface area contributed by atoms with Crippen molar-refractivity contribution in [2.45, 2.75) is 57.6 Å². The first kappa shape index (κ1) is 26.3. The summed E-state index contributed by atoms with van der Waals surface area (Å²) in [7, 11) is 0. The Balaban J connectivity index is 1.39. The van der Waals surface area contributed by atoms with Gasteiger partial charge in [-0.05, 0) is 67.7 Å². The van der Waals surface area contributed by atoms with Crippen molar-refractivity contribution in [3.05, 3.63) is 105 Å². The number of amides is 1. The molecule has 4 nitrogen and oxygen atoms in total. The third kappa shape index (κ3) is 5.29. The van der Waals surface area contributed by atoms with Gasteiger partial charge in [0.2, 0.25) is 0 Å². The third-order valence-electron chi connectivity index (χ3n) is 8.23. The Kier molecular flexibility index (Phi) is 7.59. The molecule has 3 aromatic carbocycles. The van der Waals surface area contributed by atoms with Crippen LogP contribution < -0.4 is 5.32 Å². The van der Waals surface area contributed by atoms with Crippen LogP contribution in [0.15, 0.2) is 88.2 Å². The summed E-state index contributed by atoms with van der Waals surface area (Å²) < 4.78 is 3.45. The van der Waals surface area contributed by atoms with E-state index in [0.29, 0.717) is 5.92 Å². The normalized spacial score (nSPS) is 22.6. The van der Waals surface area contributed by atoms with Crippen molar-refractivity contribution in [3.8, 4) is 0 Å². The molecule has 3 atom stereocenters. The summed E-state index contributed by atoms with van der Waals surface area (Å²) in [5.74, 6) is 0.647. The van der Waals surface area contributed by atoms with Gasteiger partial charge in [0, 0.05) is 44.9 Å². The molecule has 1 saturated carbocycles. The highest BCUT2D eigenvalue weighted by Gasteiger charge is 2.43. The molecule has 0 bridgehead atoms. The minimum absolute atomic E-state index is 0.117. The van der Waals surface area contributed by atoms with Crippen LogP contribution in [-0.2, 0) is 11.3 Å². The van der Waals surface area contributed by atoms with E-state index in [1.165, 1.54) is 41.4 Å². The first-order valence-corrected chi connectivity index (χ1v) is 15.5. The molecule has 1 aliphatic carbocycles. The third-order valence-corrected chi connectivity index (χ3v) is 9.88. The maximum absolute atomic E-state index is 14.1. The summed E-state index contributed by atoms with van der Waals surface area (Å²) >= 11 is 5.20. The van der Waals surface area contributed by atoms with E-state index in [2.05, 4.69) is 111 Å². The Morgan fingerprint density at radius 1 is 0.974 bits per heavy atom. The molecule has 1 aliphatic heterocycles. The van der Waals surface area contributed by atoms with Crippen molar-refractivity contribution in [1.82, 2.24) is 9.47 Å². The fourth-order valence-electron chi connectivity index (χ4n) is 6.11. The van der Waals surface area contributed by atoms with Crippen molar-refractivity contribution in [3.63, 3.8) is 0 Å². The number of hydrogen-bond donors (Lipinski definition) is 1. The molecule has 1 unspecified atom stereocenters. The molecule has 1 N–H and O–H groups in total. The summed E-state index contributed by atoms with van der Waals surface area (Å²) in [6.07, 6.45) is 6.83. The first-order chi connectivity index (χ1) is 19.0. The SMILES string of the molecule is Cc1c(/C=C2\SC(Nc3ccccc3)N([C@H]3CCCC[C@@H]3C)C2=O)c2ccccc2n1Cc1ccc(Br)cc1. The highest BCUT2D eigenvalue weighted by molar-refractivity contribution is 9.10. The van der Waals surface area contributed by atoms with Crippen LogP contribution in [0, 0.1) is 12.8 Å². The summed E-state index contributed by atoms with van der Waals surface area (Å²) in [6.45, 7) is 5.27. The molecule has 39 heavy (non-hydrogen) atoms. The van der Waals surface area contributed by atoms with Crippen LogP contribution in [0.2, 0.25) is 0 Å². The number of hydrogen-bond acceptors (Lipinski definition) is 3. The number of halogens is 1. The van der Waals surface area contributed by atoms with Gasteiger partial charge in [0.1, 0.15) is 0 Å². The Bertz CT molecular complexity index is 1510. The second-order valence-electron chi connectivity index (χ2n) is 10.8. The monoisotopic (exact) mass is 599 g/mol. The molecule has 4 aromatic rings. The number of anilines is 1. The van der Waals surface area contributed by atoms with Crippen LogP contribution in [0.4, 0.5) is 5.69 Å². The summed E-state index contributed by atoms with van der Waals surface area (Å²) in [4.78, 5) is 17.1. The number of fused-ring (bicyclic) bond motifs is 1. The van der Waals surface area contributed by atoms with Crippen LogP contribution in [-0.4, -0.2) is 26.9 Å². The Morgan fingerprint density at radius 2 is 1.69 bits per heavy atom.